The minimum Gasteiger partial charge on any atom is -0.493 e. The summed E-state index contributed by atoms with van der Waals surface area (Å²) < 4.78 is 17.1. The third-order valence-electron chi connectivity index (χ3n) is 5.82. The molecule has 0 radical (unpaired) electrons. The third-order valence-corrected chi connectivity index (χ3v) is 5.82. The molecule has 0 aliphatic carbocycles. The van der Waals surface area contributed by atoms with Crippen molar-refractivity contribution in [2.24, 2.45) is 0 Å². The number of fused-ring (bicyclic) bond motifs is 1. The highest BCUT2D eigenvalue weighted by atomic mass is 16.5. The van der Waals surface area contributed by atoms with Crippen LogP contribution in [0, 0.1) is 0 Å². The van der Waals surface area contributed by atoms with Crippen LogP contribution in [-0.2, 0) is 17.7 Å². The van der Waals surface area contributed by atoms with Crippen LogP contribution >= 0.6 is 0 Å². The van der Waals surface area contributed by atoms with Gasteiger partial charge in [-0.1, -0.05) is 30.3 Å². The van der Waals surface area contributed by atoms with Crippen molar-refractivity contribution in [3.63, 3.8) is 0 Å². The van der Waals surface area contributed by atoms with Crippen molar-refractivity contribution in [2.75, 3.05) is 53.6 Å². The maximum Gasteiger partial charge on any atom is 0.161 e. The minimum absolute atomic E-state index is 0.101. The summed E-state index contributed by atoms with van der Waals surface area (Å²) in [7, 11) is 3.38. The summed E-state index contributed by atoms with van der Waals surface area (Å²) in [5, 5.41) is 0. The van der Waals surface area contributed by atoms with Gasteiger partial charge in [0.25, 0.3) is 0 Å². The van der Waals surface area contributed by atoms with Crippen molar-refractivity contribution in [3.05, 3.63) is 59.2 Å². The number of hydrogen-bond donors (Lipinski definition) is 0. The molecule has 150 valence electrons. The van der Waals surface area contributed by atoms with Crippen LogP contribution in [0.3, 0.4) is 0 Å². The summed E-state index contributed by atoms with van der Waals surface area (Å²) in [6.45, 7) is 7.09. The third kappa shape index (κ3) is 4.32. The van der Waals surface area contributed by atoms with Gasteiger partial charge in [0.1, 0.15) is 0 Å². The van der Waals surface area contributed by atoms with Gasteiger partial charge in [-0.3, -0.25) is 9.80 Å². The molecule has 0 saturated carbocycles. The van der Waals surface area contributed by atoms with Crippen molar-refractivity contribution >= 4 is 0 Å². The summed E-state index contributed by atoms with van der Waals surface area (Å²) in [6.07, 6.45) is 1.03. The zero-order chi connectivity index (χ0) is 19.3. The molecule has 0 amide bonds. The van der Waals surface area contributed by atoms with E-state index in [1.807, 2.05) is 0 Å². The van der Waals surface area contributed by atoms with Crippen molar-refractivity contribution in [3.8, 4) is 11.5 Å². The van der Waals surface area contributed by atoms with Crippen molar-refractivity contribution in [1.82, 2.24) is 9.80 Å². The molecule has 2 aromatic carbocycles. The predicted molar refractivity (Wildman–Crippen MR) is 110 cm³/mol. The summed E-state index contributed by atoms with van der Waals surface area (Å²) in [5.41, 5.74) is 3.95. The van der Waals surface area contributed by atoms with Gasteiger partial charge >= 0.3 is 0 Å². The molecule has 0 N–H and O–H groups in total. The van der Waals surface area contributed by atoms with Crippen molar-refractivity contribution < 1.29 is 14.2 Å². The molecule has 0 bridgehead atoms. The first-order valence-corrected chi connectivity index (χ1v) is 10.1. The lowest BCUT2D eigenvalue weighted by atomic mass is 9.96. The van der Waals surface area contributed by atoms with Crippen LogP contribution in [0.5, 0.6) is 11.5 Å². The Kier molecular flexibility index (Phi) is 6.15. The number of hydrogen-bond acceptors (Lipinski definition) is 5. The number of methoxy groups -OCH3 is 2. The van der Waals surface area contributed by atoms with E-state index >= 15 is 0 Å². The molecule has 4 rings (SSSR count). The molecule has 2 aliphatic rings. The Labute approximate surface area is 167 Å². The van der Waals surface area contributed by atoms with Gasteiger partial charge in [0.05, 0.1) is 26.9 Å². The Balaban J connectivity index is 1.37. The highest BCUT2D eigenvalue weighted by Crippen LogP contribution is 2.37. The molecule has 5 nitrogen and oxygen atoms in total. The summed E-state index contributed by atoms with van der Waals surface area (Å²) >= 11 is 0. The smallest absolute Gasteiger partial charge is 0.161 e. The Bertz CT molecular complexity index is 773. The molecule has 2 heterocycles. The van der Waals surface area contributed by atoms with E-state index in [1.54, 1.807) is 14.2 Å². The van der Waals surface area contributed by atoms with Gasteiger partial charge in [-0.15, -0.1) is 0 Å². The normalized spacial score (nSPS) is 20.6. The van der Waals surface area contributed by atoms with Crippen LogP contribution in [-0.4, -0.2) is 63.4 Å². The van der Waals surface area contributed by atoms with E-state index in [-0.39, 0.29) is 6.10 Å². The average molecular weight is 383 g/mol. The first-order valence-electron chi connectivity index (χ1n) is 10.1. The van der Waals surface area contributed by atoms with Gasteiger partial charge < -0.3 is 14.2 Å². The maximum atomic E-state index is 6.15. The molecule has 1 atom stereocenters. The largest absolute Gasteiger partial charge is 0.493 e. The van der Waals surface area contributed by atoms with E-state index in [0.717, 1.165) is 63.8 Å². The fourth-order valence-corrected chi connectivity index (χ4v) is 4.21. The first kappa shape index (κ1) is 19.2. The van der Waals surface area contributed by atoms with Gasteiger partial charge in [-0.05, 0) is 35.2 Å². The molecule has 2 aliphatic heterocycles. The standard InChI is InChI=1S/C23H30N2O3/c1-26-21-14-19-8-13-28-23(20(19)15-22(21)27-2)17-25-11-9-24(10-12-25)16-18-6-4-3-5-7-18/h3-7,14-15,23H,8-13,16-17H2,1-2H3. The monoisotopic (exact) mass is 382 g/mol. The second-order valence-corrected chi connectivity index (χ2v) is 7.58. The zero-order valence-electron chi connectivity index (χ0n) is 16.9. The van der Waals surface area contributed by atoms with Crippen LogP contribution in [0.15, 0.2) is 42.5 Å². The number of piperazine rings is 1. The molecule has 0 spiro atoms. The van der Waals surface area contributed by atoms with Gasteiger partial charge in [-0.2, -0.15) is 0 Å². The fraction of sp³-hybridized carbons (Fsp3) is 0.478. The minimum atomic E-state index is 0.101. The summed E-state index contributed by atoms with van der Waals surface area (Å²) in [6, 6.07) is 14.9. The van der Waals surface area contributed by atoms with Crippen LogP contribution < -0.4 is 9.47 Å². The van der Waals surface area contributed by atoms with Crippen LogP contribution in [0.4, 0.5) is 0 Å². The van der Waals surface area contributed by atoms with Gasteiger partial charge in [0.15, 0.2) is 11.5 Å². The maximum absolute atomic E-state index is 6.15. The first-order chi connectivity index (χ1) is 13.8. The zero-order valence-corrected chi connectivity index (χ0v) is 16.9. The van der Waals surface area contributed by atoms with Crippen molar-refractivity contribution in [1.29, 1.82) is 0 Å². The van der Waals surface area contributed by atoms with Crippen LogP contribution in [0.2, 0.25) is 0 Å². The molecule has 28 heavy (non-hydrogen) atoms. The molecule has 5 heteroatoms. The topological polar surface area (TPSA) is 34.2 Å². The Morgan fingerprint density at radius 2 is 1.61 bits per heavy atom. The predicted octanol–water partition coefficient (Wildman–Crippen LogP) is 3.14. The molecular formula is C23H30N2O3. The molecule has 0 aromatic heterocycles. The lowest BCUT2D eigenvalue weighted by molar-refractivity contribution is 0.00368. The Morgan fingerprint density at radius 3 is 2.32 bits per heavy atom. The summed E-state index contributed by atoms with van der Waals surface area (Å²) in [5.74, 6) is 1.58. The van der Waals surface area contributed by atoms with E-state index in [1.165, 1.54) is 16.7 Å². The molecule has 2 aromatic rings. The van der Waals surface area contributed by atoms with E-state index in [4.69, 9.17) is 14.2 Å². The Hall–Kier alpha value is -2.08. The number of benzene rings is 2. The molecule has 1 saturated heterocycles. The SMILES string of the molecule is COc1cc2c(cc1OC)C(CN1CCN(Cc3ccccc3)CC1)OCC2. The van der Waals surface area contributed by atoms with E-state index in [2.05, 4.69) is 52.3 Å². The lowest BCUT2D eigenvalue weighted by Gasteiger charge is -2.37. The molecule has 1 unspecified atom stereocenters. The lowest BCUT2D eigenvalue weighted by Crippen LogP contribution is -2.47. The Morgan fingerprint density at radius 1 is 0.929 bits per heavy atom. The highest BCUT2D eigenvalue weighted by Gasteiger charge is 2.27. The van der Waals surface area contributed by atoms with Crippen LogP contribution in [0.1, 0.15) is 22.8 Å². The van der Waals surface area contributed by atoms with E-state index in [0.29, 0.717) is 0 Å². The van der Waals surface area contributed by atoms with E-state index < -0.39 is 0 Å². The fourth-order valence-electron chi connectivity index (χ4n) is 4.21. The van der Waals surface area contributed by atoms with Gasteiger partial charge in [0.2, 0.25) is 0 Å². The molecule has 1 fully saturated rings. The van der Waals surface area contributed by atoms with Crippen molar-refractivity contribution in [2.45, 2.75) is 19.1 Å². The second-order valence-electron chi connectivity index (χ2n) is 7.58. The average Bonchev–Trinajstić information content (AvgIpc) is 2.75. The molecular weight excluding hydrogens is 352 g/mol. The van der Waals surface area contributed by atoms with Gasteiger partial charge in [-0.25, -0.2) is 0 Å². The van der Waals surface area contributed by atoms with Crippen LogP contribution in [0.25, 0.3) is 0 Å². The highest BCUT2D eigenvalue weighted by molar-refractivity contribution is 5.49. The number of nitrogens with zero attached hydrogens (tertiary/aromatic N) is 2. The van der Waals surface area contributed by atoms with E-state index in [9.17, 15) is 0 Å². The number of ether oxygens (including phenoxy) is 3. The summed E-state index contributed by atoms with van der Waals surface area (Å²) in [4.78, 5) is 5.06. The second kappa shape index (κ2) is 8.95. The quantitative estimate of drug-likeness (QED) is 0.767. The van der Waals surface area contributed by atoms with Gasteiger partial charge in [0, 0.05) is 39.3 Å². The number of rotatable bonds is 6.